The first-order chi connectivity index (χ1) is 15.8. The summed E-state index contributed by atoms with van der Waals surface area (Å²) >= 11 is 1.11. The molecule has 0 saturated carbocycles. The fourth-order valence-electron chi connectivity index (χ4n) is 4.56. The van der Waals surface area contributed by atoms with Gasteiger partial charge in [0.2, 0.25) is 15.9 Å². The molecule has 1 fully saturated rings. The fraction of sp³-hybridized carbons (Fsp3) is 0.250. The van der Waals surface area contributed by atoms with E-state index in [1.807, 2.05) is 44.2 Å². The maximum atomic E-state index is 13.5. The third-order valence-electron chi connectivity index (χ3n) is 6.42. The smallest absolute Gasteiger partial charge is 0.256 e. The number of sulfonamides is 1. The Balaban J connectivity index is 1.48. The van der Waals surface area contributed by atoms with Crippen LogP contribution in [0.4, 0.5) is 5.69 Å². The monoisotopic (exact) mass is 481 g/mol. The molecule has 0 bridgehead atoms. The molecule has 2 N–H and O–H groups in total. The van der Waals surface area contributed by atoms with Crippen molar-refractivity contribution in [3.63, 3.8) is 0 Å². The predicted octanol–water partition coefficient (Wildman–Crippen LogP) is 3.55. The molecule has 2 aromatic carbocycles. The van der Waals surface area contributed by atoms with Crippen molar-refractivity contribution in [2.45, 2.75) is 36.6 Å². The molecule has 2 amide bonds. The molecule has 0 aliphatic carbocycles. The molecular weight excluding hydrogens is 458 g/mol. The van der Waals surface area contributed by atoms with Crippen molar-refractivity contribution in [2.24, 2.45) is 0 Å². The number of nitrogens with zero attached hydrogens (tertiary/aromatic N) is 1. The Morgan fingerprint density at radius 1 is 1.06 bits per heavy atom. The number of amides is 2. The minimum absolute atomic E-state index is 0.183. The molecule has 7 nitrogen and oxygen atoms in total. The summed E-state index contributed by atoms with van der Waals surface area (Å²) in [5.74, 6) is -0.670. The summed E-state index contributed by atoms with van der Waals surface area (Å²) in [6.07, 6.45) is 0.362. The Hall–Kier alpha value is -3.01. The van der Waals surface area contributed by atoms with Gasteiger partial charge in [-0.05, 0) is 66.1 Å². The highest BCUT2D eigenvalue weighted by molar-refractivity contribution is 7.91. The topological polar surface area (TPSA) is 95.6 Å². The van der Waals surface area contributed by atoms with Gasteiger partial charge >= 0.3 is 0 Å². The molecule has 33 heavy (non-hydrogen) atoms. The van der Waals surface area contributed by atoms with Gasteiger partial charge in [0.05, 0.1) is 17.3 Å². The van der Waals surface area contributed by atoms with Crippen molar-refractivity contribution >= 4 is 38.9 Å². The van der Waals surface area contributed by atoms with Crippen LogP contribution >= 0.6 is 11.3 Å². The molecule has 0 unspecified atom stereocenters. The molecule has 170 valence electrons. The van der Waals surface area contributed by atoms with Gasteiger partial charge in [-0.15, -0.1) is 11.3 Å². The average molecular weight is 482 g/mol. The Labute approximate surface area is 196 Å². The predicted molar refractivity (Wildman–Crippen MR) is 128 cm³/mol. The number of anilines is 1. The normalized spacial score (nSPS) is 20.2. The van der Waals surface area contributed by atoms with E-state index < -0.39 is 28.0 Å². The summed E-state index contributed by atoms with van der Waals surface area (Å²) in [5.41, 5.74) is 5.05. The summed E-state index contributed by atoms with van der Waals surface area (Å²) in [7, 11) is -3.77. The van der Waals surface area contributed by atoms with Crippen LogP contribution in [0, 0.1) is 13.8 Å². The van der Waals surface area contributed by atoms with E-state index in [1.165, 1.54) is 11.0 Å². The van der Waals surface area contributed by atoms with Gasteiger partial charge < -0.3 is 10.2 Å². The summed E-state index contributed by atoms with van der Waals surface area (Å²) in [6.45, 7) is 4.38. The molecule has 1 saturated heterocycles. The van der Waals surface area contributed by atoms with Gasteiger partial charge in [0, 0.05) is 6.54 Å². The van der Waals surface area contributed by atoms with Gasteiger partial charge in [0.1, 0.15) is 10.3 Å². The van der Waals surface area contributed by atoms with Crippen molar-refractivity contribution in [2.75, 3.05) is 11.9 Å². The summed E-state index contributed by atoms with van der Waals surface area (Å²) < 4.78 is 28.3. The number of rotatable bonds is 4. The number of hydrogen-bond donors (Lipinski definition) is 2. The summed E-state index contributed by atoms with van der Waals surface area (Å²) in [5, 5.41) is 4.53. The van der Waals surface area contributed by atoms with Crippen LogP contribution in [-0.2, 0) is 14.8 Å². The highest BCUT2D eigenvalue weighted by Crippen LogP contribution is 2.34. The van der Waals surface area contributed by atoms with E-state index in [0.717, 1.165) is 33.6 Å². The van der Waals surface area contributed by atoms with Crippen LogP contribution in [-0.4, -0.2) is 43.8 Å². The van der Waals surface area contributed by atoms with E-state index in [4.69, 9.17) is 0 Å². The molecule has 3 aromatic rings. The first kappa shape index (κ1) is 21.8. The first-order valence-corrected chi connectivity index (χ1v) is 13.0. The lowest BCUT2D eigenvalue weighted by molar-refractivity contribution is -0.120. The van der Waals surface area contributed by atoms with E-state index in [0.29, 0.717) is 24.2 Å². The Bertz CT molecular complexity index is 1370. The number of nitrogens with one attached hydrogen (secondary N) is 2. The fourth-order valence-corrected chi connectivity index (χ4v) is 6.85. The van der Waals surface area contributed by atoms with E-state index in [1.54, 1.807) is 17.5 Å². The molecule has 0 spiro atoms. The highest BCUT2D eigenvalue weighted by Gasteiger charge is 2.46. The van der Waals surface area contributed by atoms with Crippen molar-refractivity contribution < 1.29 is 18.0 Å². The molecule has 0 radical (unpaired) electrons. The molecular formula is C24H23N3O4S2. The number of fused-ring (bicyclic) bond motifs is 2. The molecule has 2 aliphatic rings. The lowest BCUT2D eigenvalue weighted by atomic mass is 9.95. The van der Waals surface area contributed by atoms with Crippen molar-refractivity contribution in [1.82, 2.24) is 9.62 Å². The SMILES string of the molecule is Cc1cccc(-c2ccc3c(c2)C(=O)N2CC[C@H](NS(=O)(=O)c4cccs4)[C@H]2C(=O)N3)c1C. The van der Waals surface area contributed by atoms with Crippen molar-refractivity contribution in [1.29, 1.82) is 0 Å². The van der Waals surface area contributed by atoms with Gasteiger partial charge in [0.15, 0.2) is 0 Å². The van der Waals surface area contributed by atoms with Crippen LogP contribution in [0.15, 0.2) is 58.1 Å². The standard InChI is InChI=1S/C24H23N3O4S2/c1-14-5-3-6-17(15(14)2)16-8-9-19-18(13-16)24(29)27-11-10-20(22(27)23(28)25-19)26-33(30,31)21-7-4-12-32-21/h3-9,12-13,20,22,26H,10-11H2,1-2H3,(H,25,28)/t20-,22-/m0/s1. The largest absolute Gasteiger partial charge is 0.325 e. The minimum Gasteiger partial charge on any atom is -0.325 e. The van der Waals surface area contributed by atoms with Gasteiger partial charge in [0.25, 0.3) is 5.91 Å². The molecule has 2 atom stereocenters. The van der Waals surface area contributed by atoms with E-state index in [2.05, 4.69) is 10.0 Å². The van der Waals surface area contributed by atoms with Crippen LogP contribution in [0.1, 0.15) is 27.9 Å². The first-order valence-electron chi connectivity index (χ1n) is 10.6. The molecule has 9 heteroatoms. The number of aryl methyl sites for hydroxylation is 1. The molecule has 5 rings (SSSR count). The van der Waals surface area contributed by atoms with Crippen LogP contribution in [0.5, 0.6) is 0 Å². The zero-order valence-corrected chi connectivity index (χ0v) is 19.8. The Morgan fingerprint density at radius 3 is 2.64 bits per heavy atom. The second-order valence-corrected chi connectivity index (χ2v) is 11.3. The van der Waals surface area contributed by atoms with Gasteiger partial charge in [-0.1, -0.05) is 30.3 Å². The highest BCUT2D eigenvalue weighted by atomic mass is 32.2. The van der Waals surface area contributed by atoms with E-state index in [-0.39, 0.29) is 10.1 Å². The molecule has 1 aromatic heterocycles. The maximum Gasteiger partial charge on any atom is 0.256 e. The minimum atomic E-state index is -3.77. The van der Waals surface area contributed by atoms with Gasteiger partial charge in [-0.2, -0.15) is 0 Å². The zero-order chi connectivity index (χ0) is 23.3. The number of thiophene rings is 1. The quantitative estimate of drug-likeness (QED) is 0.596. The van der Waals surface area contributed by atoms with Crippen LogP contribution in [0.2, 0.25) is 0 Å². The van der Waals surface area contributed by atoms with Gasteiger partial charge in [-0.3, -0.25) is 9.59 Å². The van der Waals surface area contributed by atoms with Crippen LogP contribution in [0.3, 0.4) is 0 Å². The number of benzene rings is 2. The van der Waals surface area contributed by atoms with Crippen molar-refractivity contribution in [3.8, 4) is 11.1 Å². The number of carbonyl (C=O) groups excluding carboxylic acids is 2. The third kappa shape index (κ3) is 3.76. The number of carbonyl (C=O) groups is 2. The van der Waals surface area contributed by atoms with Crippen LogP contribution in [0.25, 0.3) is 11.1 Å². The Kier molecular flexibility index (Phi) is 5.35. The Morgan fingerprint density at radius 2 is 1.88 bits per heavy atom. The van der Waals surface area contributed by atoms with E-state index in [9.17, 15) is 18.0 Å². The summed E-state index contributed by atoms with van der Waals surface area (Å²) in [6, 6.07) is 13.0. The molecule has 2 aliphatic heterocycles. The average Bonchev–Trinajstić information content (AvgIpc) is 3.44. The second kappa shape index (κ2) is 8.09. The van der Waals surface area contributed by atoms with Crippen LogP contribution < -0.4 is 10.0 Å². The maximum absolute atomic E-state index is 13.5. The molecule has 3 heterocycles. The third-order valence-corrected chi connectivity index (χ3v) is 9.30. The lowest BCUT2D eigenvalue weighted by Gasteiger charge is -2.24. The zero-order valence-electron chi connectivity index (χ0n) is 18.2. The van der Waals surface area contributed by atoms with Gasteiger partial charge in [-0.25, -0.2) is 13.1 Å². The summed E-state index contributed by atoms with van der Waals surface area (Å²) in [4.78, 5) is 28.1. The van der Waals surface area contributed by atoms with E-state index >= 15 is 0 Å². The lowest BCUT2D eigenvalue weighted by Crippen LogP contribution is -2.51. The number of hydrogen-bond acceptors (Lipinski definition) is 5. The van der Waals surface area contributed by atoms with Crippen molar-refractivity contribution in [3.05, 3.63) is 70.6 Å². The second-order valence-electron chi connectivity index (χ2n) is 8.39.